The molecule has 3 N–H and O–H groups in total. The fraction of sp³-hybridized carbons (Fsp3) is 0.0769. The molecule has 3 aromatic carbocycles. The Morgan fingerprint density at radius 2 is 1.73 bits per heavy atom. The summed E-state index contributed by atoms with van der Waals surface area (Å²) >= 11 is 5.93. The Morgan fingerprint density at radius 1 is 1.02 bits per heavy atom. The Morgan fingerprint density at radius 3 is 2.37 bits per heavy atom. The zero-order chi connectivity index (χ0) is 29.6. The second-order valence-electron chi connectivity index (χ2n) is 8.41. The summed E-state index contributed by atoms with van der Waals surface area (Å²) in [5, 5.41) is 15.8. The van der Waals surface area contributed by atoms with Gasteiger partial charge >= 0.3 is 0 Å². The van der Waals surface area contributed by atoms with Crippen molar-refractivity contribution in [3.05, 3.63) is 101 Å². The van der Waals surface area contributed by atoms with E-state index in [1.54, 1.807) is 30.3 Å². The number of nitrogens with zero attached hydrogens (tertiary/aromatic N) is 4. The predicted octanol–water partition coefficient (Wildman–Crippen LogP) is 2.79. The number of halogens is 2. The number of hydrogen-bond donors (Lipinski definition) is 3. The van der Waals surface area contributed by atoms with Crippen molar-refractivity contribution in [2.24, 2.45) is 0 Å². The van der Waals surface area contributed by atoms with E-state index in [4.69, 9.17) is 11.6 Å². The zero-order valence-corrected chi connectivity index (χ0v) is 22.7. The number of tetrazole rings is 1. The molecule has 41 heavy (non-hydrogen) atoms. The SMILES string of the molecule is CC(=O)NS(=O)(=O)c1ccc(NC(=O)[C@@H](NC(=O)/C=C/c2c(-n3cnnn3)ccc(Cl)c2F)c2ccccc2)cc1. The summed E-state index contributed by atoms with van der Waals surface area (Å²) in [5.74, 6) is -2.92. The van der Waals surface area contributed by atoms with Gasteiger partial charge in [0.25, 0.3) is 15.9 Å². The standard InChI is InChI=1S/C26H21ClFN7O5S/c1-16(36)32-41(39,40)19-9-7-18(8-10-19)30-26(38)25(17-5-3-2-4-6-17)31-23(37)14-11-20-22(35-15-29-33-34-35)13-12-21(27)24(20)28/h2-15,25H,1H3,(H,30,38)(H,31,37)(H,32,36)/b14-11+/t25-/m0/s1. The molecule has 0 aliphatic heterocycles. The van der Waals surface area contributed by atoms with Gasteiger partial charge in [-0.25, -0.2) is 17.5 Å². The van der Waals surface area contributed by atoms with Gasteiger partial charge in [0, 0.05) is 24.3 Å². The average molecular weight is 598 g/mol. The van der Waals surface area contributed by atoms with Gasteiger partial charge in [0.15, 0.2) is 5.82 Å². The van der Waals surface area contributed by atoms with E-state index in [9.17, 15) is 27.2 Å². The molecule has 12 nitrogen and oxygen atoms in total. The predicted molar refractivity (Wildman–Crippen MR) is 147 cm³/mol. The van der Waals surface area contributed by atoms with E-state index in [1.807, 2.05) is 4.72 Å². The summed E-state index contributed by atoms with van der Waals surface area (Å²) in [6.07, 6.45) is 3.47. The van der Waals surface area contributed by atoms with Crippen LogP contribution < -0.4 is 15.4 Å². The molecular formula is C26H21ClFN7O5S. The molecule has 0 spiro atoms. The van der Waals surface area contributed by atoms with Crippen molar-refractivity contribution >= 4 is 51.1 Å². The molecule has 3 amide bonds. The minimum Gasteiger partial charge on any atom is -0.337 e. The van der Waals surface area contributed by atoms with Gasteiger partial charge in [0.05, 0.1) is 15.6 Å². The molecule has 4 rings (SSSR count). The van der Waals surface area contributed by atoms with Crippen molar-refractivity contribution in [3.8, 4) is 5.69 Å². The van der Waals surface area contributed by atoms with Crippen molar-refractivity contribution in [1.29, 1.82) is 0 Å². The van der Waals surface area contributed by atoms with Gasteiger partial charge in [-0.3, -0.25) is 14.4 Å². The molecule has 4 aromatic rings. The highest BCUT2D eigenvalue weighted by molar-refractivity contribution is 7.90. The Labute approximate surface area is 238 Å². The van der Waals surface area contributed by atoms with Crippen LogP contribution >= 0.6 is 11.6 Å². The lowest BCUT2D eigenvalue weighted by Crippen LogP contribution is -2.36. The third-order valence-electron chi connectivity index (χ3n) is 5.50. The monoisotopic (exact) mass is 597 g/mol. The average Bonchev–Trinajstić information content (AvgIpc) is 3.47. The number of amides is 3. The number of sulfonamides is 1. The summed E-state index contributed by atoms with van der Waals surface area (Å²) in [6.45, 7) is 1.07. The lowest BCUT2D eigenvalue weighted by Gasteiger charge is -2.18. The van der Waals surface area contributed by atoms with Crippen LogP contribution in [0.3, 0.4) is 0 Å². The summed E-state index contributed by atoms with van der Waals surface area (Å²) < 4.78 is 42.2. The first kappa shape index (κ1) is 29.0. The van der Waals surface area contributed by atoms with E-state index in [-0.39, 0.29) is 26.9 Å². The number of aromatic nitrogens is 4. The fourth-order valence-corrected chi connectivity index (χ4v) is 4.82. The molecular weight excluding hydrogens is 577 g/mol. The molecule has 0 fully saturated rings. The van der Waals surface area contributed by atoms with Crippen LogP contribution in [-0.4, -0.2) is 46.3 Å². The maximum absolute atomic E-state index is 14.8. The maximum Gasteiger partial charge on any atom is 0.264 e. The molecule has 0 bridgehead atoms. The van der Waals surface area contributed by atoms with Crippen molar-refractivity contribution in [2.75, 3.05) is 5.32 Å². The number of carbonyl (C=O) groups excluding carboxylic acids is 3. The third kappa shape index (κ3) is 7.17. The van der Waals surface area contributed by atoms with E-state index >= 15 is 0 Å². The van der Waals surface area contributed by atoms with Crippen LogP contribution in [0.2, 0.25) is 5.02 Å². The van der Waals surface area contributed by atoms with Gasteiger partial charge in [0.1, 0.15) is 12.4 Å². The van der Waals surface area contributed by atoms with Gasteiger partial charge in [-0.2, -0.15) is 4.68 Å². The Hall–Kier alpha value is -4.95. The summed E-state index contributed by atoms with van der Waals surface area (Å²) in [4.78, 5) is 37.1. The molecule has 15 heteroatoms. The van der Waals surface area contributed by atoms with Crippen LogP contribution in [-0.2, 0) is 24.4 Å². The first-order valence-corrected chi connectivity index (χ1v) is 13.6. The van der Waals surface area contributed by atoms with Crippen LogP contribution in [0.4, 0.5) is 10.1 Å². The van der Waals surface area contributed by atoms with Gasteiger partial charge in [-0.1, -0.05) is 41.9 Å². The highest BCUT2D eigenvalue weighted by Crippen LogP contribution is 2.25. The van der Waals surface area contributed by atoms with Gasteiger partial charge < -0.3 is 10.6 Å². The van der Waals surface area contributed by atoms with E-state index < -0.39 is 39.6 Å². The van der Waals surface area contributed by atoms with Crippen molar-refractivity contribution in [3.63, 3.8) is 0 Å². The first-order valence-electron chi connectivity index (χ1n) is 11.7. The van der Waals surface area contributed by atoms with Crippen LogP contribution in [0.25, 0.3) is 11.8 Å². The van der Waals surface area contributed by atoms with Gasteiger partial charge in [-0.15, -0.1) is 5.10 Å². The molecule has 0 aliphatic carbocycles. The number of benzene rings is 3. The molecule has 0 aliphatic rings. The van der Waals surface area contributed by atoms with E-state index in [1.165, 1.54) is 53.5 Å². The molecule has 0 radical (unpaired) electrons. The largest absolute Gasteiger partial charge is 0.337 e. The molecule has 1 heterocycles. The van der Waals surface area contributed by atoms with Crippen molar-refractivity contribution in [2.45, 2.75) is 17.9 Å². The quantitative estimate of drug-likeness (QED) is 0.248. The van der Waals surface area contributed by atoms with E-state index in [2.05, 4.69) is 26.2 Å². The minimum absolute atomic E-state index is 0.0602. The molecule has 0 saturated carbocycles. The zero-order valence-electron chi connectivity index (χ0n) is 21.2. The summed E-state index contributed by atoms with van der Waals surface area (Å²) in [5.41, 5.74) is 0.840. The van der Waals surface area contributed by atoms with Crippen LogP contribution in [0.5, 0.6) is 0 Å². The lowest BCUT2D eigenvalue weighted by atomic mass is 10.1. The van der Waals surface area contributed by atoms with Crippen LogP contribution in [0.1, 0.15) is 24.1 Å². The van der Waals surface area contributed by atoms with Crippen molar-refractivity contribution in [1.82, 2.24) is 30.2 Å². The Bertz CT molecular complexity index is 1720. The Kier molecular flexibility index (Phi) is 8.84. The number of anilines is 1. The number of nitrogens with one attached hydrogen (secondary N) is 3. The smallest absolute Gasteiger partial charge is 0.264 e. The molecule has 0 saturated heterocycles. The van der Waals surface area contributed by atoms with Gasteiger partial charge in [0.2, 0.25) is 11.8 Å². The van der Waals surface area contributed by atoms with Gasteiger partial charge in [-0.05, 0) is 58.5 Å². The summed E-state index contributed by atoms with van der Waals surface area (Å²) in [7, 11) is -4.06. The summed E-state index contributed by atoms with van der Waals surface area (Å²) in [6, 6.07) is 15.1. The van der Waals surface area contributed by atoms with Crippen LogP contribution in [0.15, 0.2) is 84.0 Å². The Balaban J connectivity index is 1.55. The minimum atomic E-state index is -4.06. The normalized spacial score (nSPS) is 12.1. The third-order valence-corrected chi connectivity index (χ3v) is 7.24. The first-order chi connectivity index (χ1) is 19.5. The fourth-order valence-electron chi connectivity index (χ4n) is 3.66. The van der Waals surface area contributed by atoms with Crippen LogP contribution in [0, 0.1) is 5.82 Å². The topological polar surface area (TPSA) is 165 Å². The second kappa shape index (κ2) is 12.5. The highest BCUT2D eigenvalue weighted by atomic mass is 35.5. The molecule has 1 aromatic heterocycles. The molecule has 0 unspecified atom stereocenters. The lowest BCUT2D eigenvalue weighted by molar-refractivity contribution is -0.123. The maximum atomic E-state index is 14.8. The molecule has 1 atom stereocenters. The van der Waals surface area contributed by atoms with E-state index in [0.29, 0.717) is 5.56 Å². The number of carbonyl (C=O) groups is 3. The number of rotatable bonds is 9. The number of hydrogen-bond acceptors (Lipinski definition) is 8. The van der Waals surface area contributed by atoms with Crippen molar-refractivity contribution < 1.29 is 27.2 Å². The second-order valence-corrected chi connectivity index (χ2v) is 10.5. The van der Waals surface area contributed by atoms with E-state index in [0.717, 1.165) is 13.0 Å². The highest BCUT2D eigenvalue weighted by Gasteiger charge is 2.23. The molecule has 210 valence electrons.